The highest BCUT2D eigenvalue weighted by Crippen LogP contribution is 2.40. The topological polar surface area (TPSA) is 20.2 Å². The minimum Gasteiger partial charge on any atom is -0.387 e. The van der Waals surface area contributed by atoms with Gasteiger partial charge in [-0.3, -0.25) is 0 Å². The molecule has 82 valence electrons. The number of aryl methyl sites for hydroxylation is 1. The Hall–Kier alpha value is -0.540. The molecule has 1 nitrogen and oxygen atoms in total. The zero-order valence-electron chi connectivity index (χ0n) is 8.96. The van der Waals surface area contributed by atoms with Crippen molar-refractivity contribution >= 4 is 11.8 Å². The van der Waals surface area contributed by atoms with Crippen LogP contribution in [0.25, 0.3) is 0 Å². The lowest BCUT2D eigenvalue weighted by atomic mass is 9.95. The molecule has 1 heterocycles. The second-order valence-electron chi connectivity index (χ2n) is 3.99. The molecule has 0 spiro atoms. The van der Waals surface area contributed by atoms with Gasteiger partial charge in [0.1, 0.15) is 5.82 Å². The number of fused-ring (bicyclic) bond motifs is 1. The van der Waals surface area contributed by atoms with Crippen LogP contribution in [0, 0.1) is 12.7 Å². The summed E-state index contributed by atoms with van der Waals surface area (Å²) < 4.78 is 13.2. The highest BCUT2D eigenvalue weighted by atomic mass is 32.2. The number of hydrogen-bond acceptors (Lipinski definition) is 2. The van der Waals surface area contributed by atoms with Crippen LogP contribution in [0.3, 0.4) is 0 Å². The van der Waals surface area contributed by atoms with E-state index in [2.05, 4.69) is 6.92 Å². The third-order valence-electron chi connectivity index (χ3n) is 2.99. The van der Waals surface area contributed by atoms with E-state index >= 15 is 0 Å². The number of aliphatic hydroxyl groups excluding tert-OH is 1. The molecule has 2 atom stereocenters. The summed E-state index contributed by atoms with van der Waals surface area (Å²) in [5.41, 5.74) is 2.85. The molecule has 0 radical (unpaired) electrons. The van der Waals surface area contributed by atoms with Gasteiger partial charge in [-0.25, -0.2) is 4.39 Å². The average Bonchev–Trinajstić information content (AvgIpc) is 2.19. The molecule has 0 amide bonds. The summed E-state index contributed by atoms with van der Waals surface area (Å²) in [6.07, 6.45) is 0.402. The Morgan fingerprint density at radius 3 is 2.93 bits per heavy atom. The van der Waals surface area contributed by atoms with Gasteiger partial charge in [-0.1, -0.05) is 6.92 Å². The van der Waals surface area contributed by atoms with E-state index in [1.807, 2.05) is 6.92 Å². The van der Waals surface area contributed by atoms with Crippen LogP contribution in [0.1, 0.15) is 36.1 Å². The summed E-state index contributed by atoms with van der Waals surface area (Å²) in [5, 5.41) is 10.3. The van der Waals surface area contributed by atoms with Crippen LogP contribution in [0.4, 0.5) is 4.39 Å². The van der Waals surface area contributed by atoms with Crippen LogP contribution >= 0.6 is 11.8 Å². The molecule has 0 aromatic heterocycles. The van der Waals surface area contributed by atoms with Crippen molar-refractivity contribution in [3.05, 3.63) is 34.6 Å². The van der Waals surface area contributed by atoms with Gasteiger partial charge >= 0.3 is 0 Å². The van der Waals surface area contributed by atoms with Crippen molar-refractivity contribution in [2.45, 2.75) is 37.4 Å². The van der Waals surface area contributed by atoms with Gasteiger partial charge in [-0.15, -0.1) is 0 Å². The van der Waals surface area contributed by atoms with Crippen LogP contribution < -0.4 is 0 Å². The molecule has 1 aromatic carbocycles. The zero-order chi connectivity index (χ0) is 11.0. The Morgan fingerprint density at radius 2 is 2.27 bits per heavy atom. The summed E-state index contributed by atoms with van der Waals surface area (Å²) in [7, 11) is 0. The van der Waals surface area contributed by atoms with Gasteiger partial charge in [0.25, 0.3) is 0 Å². The highest BCUT2D eigenvalue weighted by Gasteiger charge is 2.28. The van der Waals surface area contributed by atoms with Crippen molar-refractivity contribution in [1.82, 2.24) is 0 Å². The first-order valence-corrected chi connectivity index (χ1v) is 6.27. The number of thioether (sulfide) groups is 1. The number of rotatable bonds is 1. The summed E-state index contributed by atoms with van der Waals surface area (Å²) in [6.45, 7) is 3.96. The first-order valence-electron chi connectivity index (χ1n) is 5.22. The van der Waals surface area contributed by atoms with E-state index in [0.29, 0.717) is 0 Å². The molecule has 1 N–H and O–H groups in total. The summed E-state index contributed by atoms with van der Waals surface area (Å²) >= 11 is 1.76. The molecular formula is C12H15FOS. The Labute approximate surface area is 93.7 Å². The predicted octanol–water partition coefficient (Wildman–Crippen LogP) is 3.19. The van der Waals surface area contributed by atoms with Crippen molar-refractivity contribution in [3.8, 4) is 0 Å². The van der Waals surface area contributed by atoms with Crippen LogP contribution in [0.5, 0.6) is 0 Å². The maximum absolute atomic E-state index is 13.2. The van der Waals surface area contributed by atoms with Gasteiger partial charge in [0.15, 0.2) is 0 Å². The third-order valence-corrected chi connectivity index (χ3v) is 4.46. The van der Waals surface area contributed by atoms with E-state index < -0.39 is 6.10 Å². The monoisotopic (exact) mass is 226 g/mol. The van der Waals surface area contributed by atoms with Crippen molar-refractivity contribution in [2.24, 2.45) is 0 Å². The fourth-order valence-electron chi connectivity index (χ4n) is 2.08. The van der Waals surface area contributed by atoms with Crippen LogP contribution in [0.2, 0.25) is 0 Å². The lowest BCUT2D eigenvalue weighted by Crippen LogP contribution is -2.21. The molecule has 15 heavy (non-hydrogen) atoms. The largest absolute Gasteiger partial charge is 0.387 e. The van der Waals surface area contributed by atoms with E-state index in [4.69, 9.17) is 0 Å². The van der Waals surface area contributed by atoms with Gasteiger partial charge in [-0.2, -0.15) is 11.8 Å². The molecule has 0 saturated heterocycles. The Balaban J connectivity index is 2.46. The van der Waals surface area contributed by atoms with Crippen molar-refractivity contribution < 1.29 is 9.50 Å². The van der Waals surface area contributed by atoms with Crippen molar-refractivity contribution in [2.75, 3.05) is 0 Å². The first kappa shape index (κ1) is 11.0. The molecule has 1 aliphatic rings. The quantitative estimate of drug-likeness (QED) is 0.793. The summed E-state index contributed by atoms with van der Waals surface area (Å²) in [6, 6.07) is 3.02. The van der Waals surface area contributed by atoms with Gasteiger partial charge in [0.05, 0.1) is 6.10 Å². The highest BCUT2D eigenvalue weighted by molar-refractivity contribution is 7.99. The molecule has 0 saturated carbocycles. The van der Waals surface area contributed by atoms with E-state index in [0.717, 1.165) is 28.9 Å². The van der Waals surface area contributed by atoms with Gasteiger partial charge in [0, 0.05) is 11.0 Å². The fraction of sp³-hybridized carbons (Fsp3) is 0.500. The van der Waals surface area contributed by atoms with E-state index in [9.17, 15) is 9.50 Å². The van der Waals surface area contributed by atoms with Gasteiger partial charge < -0.3 is 5.11 Å². The molecular weight excluding hydrogens is 211 g/mol. The maximum atomic E-state index is 13.2. The number of benzene rings is 1. The van der Waals surface area contributed by atoms with E-state index in [1.165, 1.54) is 6.07 Å². The number of aliphatic hydroxyl groups is 1. The molecule has 1 aromatic rings. The summed E-state index contributed by atoms with van der Waals surface area (Å²) in [4.78, 5) is 0. The minimum atomic E-state index is -0.516. The molecule has 0 fully saturated rings. The second kappa shape index (κ2) is 4.14. The molecule has 2 unspecified atom stereocenters. The number of hydrogen-bond donors (Lipinski definition) is 1. The normalized spacial score (nSPS) is 25.1. The number of halogens is 1. The lowest BCUT2D eigenvalue weighted by molar-refractivity contribution is 0.169. The Bertz CT molecular complexity index is 378. The molecule has 3 heteroatoms. The third kappa shape index (κ3) is 1.91. The molecule has 0 aliphatic carbocycles. The van der Waals surface area contributed by atoms with Crippen LogP contribution in [0.15, 0.2) is 12.1 Å². The lowest BCUT2D eigenvalue weighted by Gasteiger charge is -2.30. The Morgan fingerprint density at radius 1 is 1.53 bits per heavy atom. The van der Waals surface area contributed by atoms with Crippen LogP contribution in [-0.2, 0) is 5.75 Å². The first-order chi connectivity index (χ1) is 7.13. The smallest absolute Gasteiger partial charge is 0.123 e. The molecule has 0 bridgehead atoms. The SMILES string of the molecule is CCC1SCc2c(C)cc(F)cc2C1O. The minimum absolute atomic E-state index is 0.207. The van der Waals surface area contributed by atoms with Crippen LogP contribution in [-0.4, -0.2) is 10.4 Å². The predicted molar refractivity (Wildman–Crippen MR) is 61.5 cm³/mol. The maximum Gasteiger partial charge on any atom is 0.123 e. The fourth-order valence-corrected chi connectivity index (χ4v) is 3.42. The standard InChI is InChI=1S/C12H15FOS/c1-3-11-12(14)9-5-8(13)4-7(2)10(9)6-15-11/h4-5,11-12,14H,3,6H2,1-2H3. The zero-order valence-corrected chi connectivity index (χ0v) is 9.77. The Kier molecular flexibility index (Phi) is 3.03. The summed E-state index contributed by atoms with van der Waals surface area (Å²) in [5.74, 6) is 0.642. The van der Waals surface area contributed by atoms with Gasteiger partial charge in [-0.05, 0) is 42.2 Å². The van der Waals surface area contributed by atoms with Gasteiger partial charge in [0.2, 0.25) is 0 Å². The van der Waals surface area contributed by atoms with E-state index in [1.54, 1.807) is 17.8 Å². The molecule has 1 aliphatic heterocycles. The molecule has 2 rings (SSSR count). The average molecular weight is 226 g/mol. The van der Waals surface area contributed by atoms with Crippen molar-refractivity contribution in [1.29, 1.82) is 0 Å². The van der Waals surface area contributed by atoms with Crippen molar-refractivity contribution in [3.63, 3.8) is 0 Å². The second-order valence-corrected chi connectivity index (χ2v) is 5.22. The van der Waals surface area contributed by atoms with E-state index in [-0.39, 0.29) is 11.1 Å².